The zero-order valence-corrected chi connectivity index (χ0v) is 13.3. The topological polar surface area (TPSA) is 77.1 Å². The van der Waals surface area contributed by atoms with Crippen LogP contribution in [0.3, 0.4) is 0 Å². The molecule has 3 N–H and O–H groups in total. The van der Waals surface area contributed by atoms with E-state index in [2.05, 4.69) is 5.32 Å². The number of aryl methyl sites for hydroxylation is 1. The van der Waals surface area contributed by atoms with Crippen molar-refractivity contribution in [2.75, 3.05) is 5.32 Å². The van der Waals surface area contributed by atoms with Crippen molar-refractivity contribution < 1.29 is 4.79 Å². The number of thiocarbonyl (C=S) groups is 1. The van der Waals surface area contributed by atoms with Gasteiger partial charge in [0.25, 0.3) is 0 Å². The molecule has 0 aliphatic carbocycles. The van der Waals surface area contributed by atoms with Crippen molar-refractivity contribution in [3.63, 3.8) is 0 Å². The van der Waals surface area contributed by atoms with Crippen LogP contribution in [0.15, 0.2) is 29.1 Å². The van der Waals surface area contributed by atoms with Crippen LogP contribution in [-0.2, 0) is 11.3 Å². The van der Waals surface area contributed by atoms with E-state index in [1.54, 1.807) is 24.3 Å². The fraction of sp³-hybridized carbons (Fsp3) is 0.214. The van der Waals surface area contributed by atoms with Gasteiger partial charge in [0, 0.05) is 21.8 Å². The van der Waals surface area contributed by atoms with Gasteiger partial charge in [-0.1, -0.05) is 23.6 Å². The van der Waals surface area contributed by atoms with E-state index < -0.39 is 0 Å². The second-order valence-electron chi connectivity index (χ2n) is 4.59. The predicted octanol–water partition coefficient (Wildman–Crippen LogP) is 1.80. The van der Waals surface area contributed by atoms with E-state index in [-0.39, 0.29) is 17.3 Å². The molecule has 0 atom stereocenters. The maximum Gasteiger partial charge on any atom is 0.308 e. The third-order valence-electron chi connectivity index (χ3n) is 3.13. The van der Waals surface area contributed by atoms with Crippen molar-refractivity contribution in [1.29, 1.82) is 0 Å². The molecule has 0 spiro atoms. The van der Waals surface area contributed by atoms with Crippen LogP contribution in [0.2, 0.25) is 0 Å². The van der Waals surface area contributed by atoms with Crippen molar-refractivity contribution in [3.05, 3.63) is 50.1 Å². The van der Waals surface area contributed by atoms with Gasteiger partial charge in [0.05, 0.1) is 0 Å². The van der Waals surface area contributed by atoms with Crippen molar-refractivity contribution >= 4 is 40.1 Å². The number of nitrogens with zero attached hydrogens (tertiary/aromatic N) is 1. The molecule has 0 aliphatic rings. The zero-order chi connectivity index (χ0) is 15.6. The van der Waals surface area contributed by atoms with Crippen LogP contribution in [0, 0.1) is 13.8 Å². The van der Waals surface area contributed by atoms with Crippen molar-refractivity contribution in [2.45, 2.75) is 20.4 Å². The van der Waals surface area contributed by atoms with Crippen LogP contribution in [0.1, 0.15) is 16.1 Å². The summed E-state index contributed by atoms with van der Waals surface area (Å²) in [5.74, 6) is -0.249. The Morgan fingerprint density at radius 3 is 2.43 bits per heavy atom. The van der Waals surface area contributed by atoms with Crippen LogP contribution in [0.5, 0.6) is 0 Å². The molecule has 1 aromatic carbocycles. The minimum Gasteiger partial charge on any atom is -0.389 e. The standard InChI is InChI=1S/C14H15N3O2S2/c1-8-9(2)21-14(19)17(8)7-12(18)16-11-5-3-10(4-6-11)13(15)20/h3-6H,7H2,1-2H3,(H2,15,20)(H,16,18). The quantitative estimate of drug-likeness (QED) is 0.842. The average molecular weight is 321 g/mol. The number of rotatable bonds is 4. The van der Waals surface area contributed by atoms with Crippen molar-refractivity contribution in [2.24, 2.45) is 5.73 Å². The van der Waals surface area contributed by atoms with Gasteiger partial charge in [-0.25, -0.2) is 0 Å². The summed E-state index contributed by atoms with van der Waals surface area (Å²) in [7, 11) is 0. The van der Waals surface area contributed by atoms with Crippen LogP contribution in [0.25, 0.3) is 0 Å². The fourth-order valence-corrected chi connectivity index (χ4v) is 2.80. The van der Waals surface area contributed by atoms with Gasteiger partial charge in [-0.05, 0) is 38.1 Å². The minimum absolute atomic E-state index is 0.00601. The van der Waals surface area contributed by atoms with Gasteiger partial charge in [0.2, 0.25) is 5.91 Å². The molecular formula is C14H15N3O2S2. The Morgan fingerprint density at radius 2 is 1.95 bits per heavy atom. The van der Waals surface area contributed by atoms with Gasteiger partial charge in [0.15, 0.2) is 0 Å². The average Bonchev–Trinajstić information content (AvgIpc) is 2.66. The molecule has 1 aromatic heterocycles. The Balaban J connectivity index is 2.08. The molecule has 5 nitrogen and oxygen atoms in total. The molecular weight excluding hydrogens is 306 g/mol. The number of carbonyl (C=O) groups is 1. The highest BCUT2D eigenvalue weighted by molar-refractivity contribution is 7.80. The number of aromatic nitrogens is 1. The normalized spacial score (nSPS) is 10.4. The molecule has 0 saturated carbocycles. The SMILES string of the molecule is Cc1sc(=O)n(CC(=O)Nc2ccc(C(N)=S)cc2)c1C. The number of nitrogens with two attached hydrogens (primary N) is 1. The minimum atomic E-state index is -0.249. The van der Waals surface area contributed by atoms with E-state index >= 15 is 0 Å². The number of thiazole rings is 1. The Kier molecular flexibility index (Phi) is 4.54. The highest BCUT2D eigenvalue weighted by Crippen LogP contribution is 2.11. The second kappa shape index (κ2) is 6.19. The largest absolute Gasteiger partial charge is 0.389 e. The number of amides is 1. The smallest absolute Gasteiger partial charge is 0.308 e. The van der Waals surface area contributed by atoms with Gasteiger partial charge >= 0.3 is 4.87 Å². The number of anilines is 1. The lowest BCUT2D eigenvalue weighted by Crippen LogP contribution is -2.25. The van der Waals surface area contributed by atoms with Crippen molar-refractivity contribution in [1.82, 2.24) is 4.57 Å². The number of carbonyl (C=O) groups excluding carboxylic acids is 1. The van der Waals surface area contributed by atoms with E-state index in [1.807, 2.05) is 13.8 Å². The number of hydrogen-bond donors (Lipinski definition) is 2. The lowest BCUT2D eigenvalue weighted by molar-refractivity contribution is -0.116. The summed E-state index contributed by atoms with van der Waals surface area (Å²) in [4.78, 5) is 24.9. The molecule has 110 valence electrons. The molecule has 21 heavy (non-hydrogen) atoms. The Labute approximate surface area is 131 Å². The molecule has 0 saturated heterocycles. The number of benzene rings is 1. The first-order chi connectivity index (χ1) is 9.88. The van der Waals surface area contributed by atoms with E-state index in [4.69, 9.17) is 18.0 Å². The Morgan fingerprint density at radius 1 is 1.33 bits per heavy atom. The lowest BCUT2D eigenvalue weighted by atomic mass is 10.2. The zero-order valence-electron chi connectivity index (χ0n) is 11.7. The van der Waals surface area contributed by atoms with Crippen LogP contribution < -0.4 is 15.9 Å². The summed E-state index contributed by atoms with van der Waals surface area (Å²) in [5.41, 5.74) is 7.71. The first kappa shape index (κ1) is 15.4. The summed E-state index contributed by atoms with van der Waals surface area (Å²) < 4.78 is 1.47. The van der Waals surface area contributed by atoms with E-state index in [9.17, 15) is 9.59 Å². The molecule has 1 amide bonds. The fourth-order valence-electron chi connectivity index (χ4n) is 1.83. The molecule has 2 rings (SSSR count). The second-order valence-corrected chi connectivity index (χ2v) is 6.19. The summed E-state index contributed by atoms with van der Waals surface area (Å²) in [6.07, 6.45) is 0. The van der Waals surface area contributed by atoms with Gasteiger partial charge < -0.3 is 11.1 Å². The van der Waals surface area contributed by atoms with Gasteiger partial charge in [0.1, 0.15) is 11.5 Å². The number of hydrogen-bond acceptors (Lipinski definition) is 4. The highest BCUT2D eigenvalue weighted by Gasteiger charge is 2.11. The molecule has 7 heteroatoms. The van der Waals surface area contributed by atoms with E-state index in [0.717, 1.165) is 27.5 Å². The Bertz CT molecular complexity index is 745. The van der Waals surface area contributed by atoms with E-state index in [1.165, 1.54) is 4.57 Å². The summed E-state index contributed by atoms with van der Waals surface area (Å²) >= 11 is 6.01. The van der Waals surface area contributed by atoms with Gasteiger partial charge in [-0.15, -0.1) is 0 Å². The molecule has 0 unspecified atom stereocenters. The third-order valence-corrected chi connectivity index (χ3v) is 4.36. The van der Waals surface area contributed by atoms with Crippen LogP contribution >= 0.6 is 23.6 Å². The van der Waals surface area contributed by atoms with Gasteiger partial charge in [-0.2, -0.15) is 0 Å². The van der Waals surface area contributed by atoms with Crippen LogP contribution in [-0.4, -0.2) is 15.5 Å². The van der Waals surface area contributed by atoms with Gasteiger partial charge in [-0.3, -0.25) is 14.2 Å². The molecule has 1 heterocycles. The first-order valence-electron chi connectivity index (χ1n) is 6.25. The monoisotopic (exact) mass is 321 g/mol. The molecule has 0 radical (unpaired) electrons. The first-order valence-corrected chi connectivity index (χ1v) is 7.47. The highest BCUT2D eigenvalue weighted by atomic mass is 32.1. The van der Waals surface area contributed by atoms with Crippen LogP contribution in [0.4, 0.5) is 5.69 Å². The molecule has 0 fully saturated rings. The summed E-state index contributed by atoms with van der Waals surface area (Å²) in [6, 6.07) is 6.93. The lowest BCUT2D eigenvalue weighted by Gasteiger charge is -2.08. The molecule has 2 aromatic rings. The Hall–Kier alpha value is -1.99. The van der Waals surface area contributed by atoms with Crippen molar-refractivity contribution in [3.8, 4) is 0 Å². The number of nitrogens with one attached hydrogen (secondary N) is 1. The maximum atomic E-state index is 12.0. The summed E-state index contributed by atoms with van der Waals surface area (Å²) in [6.45, 7) is 3.70. The maximum absolute atomic E-state index is 12.0. The van der Waals surface area contributed by atoms with E-state index in [0.29, 0.717) is 10.7 Å². The predicted molar refractivity (Wildman–Crippen MR) is 89.0 cm³/mol. The molecule has 0 aliphatic heterocycles. The third kappa shape index (κ3) is 3.56. The molecule has 0 bridgehead atoms. The summed E-state index contributed by atoms with van der Waals surface area (Å²) in [5, 5.41) is 2.74.